The van der Waals surface area contributed by atoms with Crippen molar-refractivity contribution in [2.75, 3.05) is 19.4 Å². The Balaban J connectivity index is 2.13. The molecule has 0 saturated heterocycles. The number of anilines is 1. The lowest BCUT2D eigenvalue weighted by molar-refractivity contribution is 0.0828. The average Bonchev–Trinajstić information content (AvgIpc) is 2.82. The fourth-order valence-electron chi connectivity index (χ4n) is 1.68. The van der Waals surface area contributed by atoms with Crippen molar-refractivity contribution < 1.29 is 4.79 Å². The van der Waals surface area contributed by atoms with Crippen LogP contribution in [0.5, 0.6) is 0 Å². The number of nitrogens with one attached hydrogen (secondary N) is 1. The molecule has 1 amide bonds. The monoisotopic (exact) mass is 328 g/mol. The van der Waals surface area contributed by atoms with Crippen molar-refractivity contribution in [2.45, 2.75) is 6.54 Å². The van der Waals surface area contributed by atoms with Gasteiger partial charge in [-0.25, -0.2) is 0 Å². The molecule has 0 bridgehead atoms. The Labute approximate surface area is 132 Å². The molecule has 2 rings (SSSR count). The van der Waals surface area contributed by atoms with E-state index in [4.69, 9.17) is 23.2 Å². The molecule has 0 aliphatic heterocycles. The first kappa shape index (κ1) is 15.2. The van der Waals surface area contributed by atoms with Crippen LogP contribution in [0.15, 0.2) is 29.6 Å². The second kappa shape index (κ2) is 6.48. The largest absolute Gasteiger partial charge is 0.380 e. The van der Waals surface area contributed by atoms with Gasteiger partial charge in [-0.05, 0) is 24.3 Å². The fraction of sp³-hybridized carbons (Fsp3) is 0.214. The summed E-state index contributed by atoms with van der Waals surface area (Å²) < 4.78 is 0. The second-order valence-electron chi connectivity index (χ2n) is 4.48. The first-order valence-electron chi connectivity index (χ1n) is 5.95. The Bertz CT molecular complexity index is 625. The zero-order valence-electron chi connectivity index (χ0n) is 11.1. The van der Waals surface area contributed by atoms with Crippen LogP contribution in [0.2, 0.25) is 10.0 Å². The molecule has 0 unspecified atom stereocenters. The van der Waals surface area contributed by atoms with Gasteiger partial charge in [-0.2, -0.15) is 0 Å². The van der Waals surface area contributed by atoms with Gasteiger partial charge in [0.1, 0.15) is 0 Å². The van der Waals surface area contributed by atoms with Gasteiger partial charge in [0, 0.05) is 36.6 Å². The van der Waals surface area contributed by atoms with E-state index in [-0.39, 0.29) is 5.91 Å². The maximum atomic E-state index is 12.0. The van der Waals surface area contributed by atoms with Gasteiger partial charge < -0.3 is 10.2 Å². The predicted molar refractivity (Wildman–Crippen MR) is 86.1 cm³/mol. The Hall–Kier alpha value is -1.23. The van der Waals surface area contributed by atoms with Crippen LogP contribution in [0.25, 0.3) is 0 Å². The lowest BCUT2D eigenvalue weighted by Gasteiger charge is -2.13. The molecule has 3 nitrogen and oxygen atoms in total. The van der Waals surface area contributed by atoms with E-state index in [0.717, 1.165) is 15.6 Å². The van der Waals surface area contributed by atoms with Crippen LogP contribution in [0.3, 0.4) is 0 Å². The Morgan fingerprint density at radius 3 is 2.65 bits per heavy atom. The molecule has 0 fully saturated rings. The van der Waals surface area contributed by atoms with E-state index in [0.29, 0.717) is 17.1 Å². The van der Waals surface area contributed by atoms with Crippen molar-refractivity contribution >= 4 is 46.1 Å². The topological polar surface area (TPSA) is 32.3 Å². The number of hydrogen-bond donors (Lipinski definition) is 1. The summed E-state index contributed by atoms with van der Waals surface area (Å²) >= 11 is 13.5. The number of carbonyl (C=O) groups is 1. The molecule has 106 valence electrons. The number of rotatable bonds is 4. The third kappa shape index (κ3) is 3.66. The minimum atomic E-state index is -0.113. The van der Waals surface area contributed by atoms with Gasteiger partial charge in [-0.1, -0.05) is 23.2 Å². The predicted octanol–water partition coefficient (Wildman–Crippen LogP) is 4.37. The molecular formula is C14H14Cl2N2OS. The molecule has 1 aromatic heterocycles. The summed E-state index contributed by atoms with van der Waals surface area (Å²) in [6, 6.07) is 7.26. The van der Waals surface area contributed by atoms with Gasteiger partial charge in [0.25, 0.3) is 5.91 Å². The van der Waals surface area contributed by atoms with Gasteiger partial charge in [0.15, 0.2) is 0 Å². The summed E-state index contributed by atoms with van der Waals surface area (Å²) in [5, 5.41) is 6.34. The summed E-state index contributed by atoms with van der Waals surface area (Å²) in [7, 11) is 3.40. The summed E-state index contributed by atoms with van der Waals surface area (Å²) in [5.41, 5.74) is 1.34. The number of carbonyl (C=O) groups excluding carboxylic acids is 1. The molecule has 0 spiro atoms. The third-order valence-corrected chi connectivity index (χ3v) is 4.31. The molecule has 0 atom stereocenters. The van der Waals surface area contributed by atoms with E-state index in [1.165, 1.54) is 4.90 Å². The molecule has 20 heavy (non-hydrogen) atoms. The van der Waals surface area contributed by atoms with Crippen molar-refractivity contribution in [3.05, 3.63) is 50.1 Å². The van der Waals surface area contributed by atoms with Gasteiger partial charge in [0.2, 0.25) is 0 Å². The number of halogens is 2. The van der Waals surface area contributed by atoms with E-state index in [1.807, 2.05) is 17.5 Å². The second-order valence-corrected chi connectivity index (χ2v) is 6.32. The molecule has 1 heterocycles. The fourth-order valence-corrected chi connectivity index (χ4v) is 2.89. The Morgan fingerprint density at radius 1 is 1.30 bits per heavy atom. The number of thiophene rings is 1. The van der Waals surface area contributed by atoms with Gasteiger partial charge >= 0.3 is 0 Å². The third-order valence-electron chi connectivity index (χ3n) is 2.69. The van der Waals surface area contributed by atoms with Crippen molar-refractivity contribution in [1.29, 1.82) is 0 Å². The molecular weight excluding hydrogens is 315 g/mol. The maximum Gasteiger partial charge on any atom is 0.254 e. The van der Waals surface area contributed by atoms with Crippen molar-refractivity contribution in [3.63, 3.8) is 0 Å². The number of nitrogens with zero attached hydrogens (tertiary/aromatic N) is 1. The first-order valence-corrected chi connectivity index (χ1v) is 7.59. The normalized spacial score (nSPS) is 10.4. The first-order chi connectivity index (χ1) is 9.47. The molecule has 1 N–H and O–H groups in total. The molecule has 0 radical (unpaired) electrons. The van der Waals surface area contributed by atoms with Crippen molar-refractivity contribution in [3.8, 4) is 0 Å². The molecule has 0 aliphatic rings. The summed E-state index contributed by atoms with van der Waals surface area (Å²) in [6.45, 7) is 0.661. The zero-order chi connectivity index (χ0) is 14.7. The van der Waals surface area contributed by atoms with E-state index < -0.39 is 0 Å². The average molecular weight is 329 g/mol. The van der Waals surface area contributed by atoms with Crippen LogP contribution >= 0.6 is 34.5 Å². The highest BCUT2D eigenvalue weighted by molar-refractivity contribution is 7.10. The number of hydrogen-bond acceptors (Lipinski definition) is 3. The lowest BCUT2D eigenvalue weighted by atomic mass is 10.1. The molecule has 0 saturated carbocycles. The highest BCUT2D eigenvalue weighted by Crippen LogP contribution is 2.24. The van der Waals surface area contributed by atoms with E-state index in [9.17, 15) is 4.79 Å². The van der Waals surface area contributed by atoms with Gasteiger partial charge in [-0.15, -0.1) is 11.3 Å². The number of benzene rings is 1. The Morgan fingerprint density at radius 2 is 2.05 bits per heavy atom. The van der Waals surface area contributed by atoms with Crippen molar-refractivity contribution in [2.24, 2.45) is 0 Å². The highest BCUT2D eigenvalue weighted by atomic mass is 35.5. The highest BCUT2D eigenvalue weighted by Gasteiger charge is 2.13. The molecule has 6 heteroatoms. The van der Waals surface area contributed by atoms with Gasteiger partial charge in [0.05, 0.1) is 15.6 Å². The van der Waals surface area contributed by atoms with Crippen molar-refractivity contribution in [1.82, 2.24) is 4.90 Å². The number of amides is 1. The van der Waals surface area contributed by atoms with Crippen LogP contribution < -0.4 is 5.32 Å². The van der Waals surface area contributed by atoms with E-state index in [2.05, 4.69) is 5.32 Å². The van der Waals surface area contributed by atoms with Crippen LogP contribution in [0.4, 0.5) is 5.69 Å². The summed E-state index contributed by atoms with van der Waals surface area (Å²) in [5.74, 6) is -0.113. The molecule has 0 aliphatic carbocycles. The molecule has 1 aromatic carbocycles. The standard InChI is InChI=1S/C14H14Cl2N2OS/c1-18(2)14(19)12-6-10(3-4-13(12)16)17-7-11-5-9(15)8-20-11/h3-6,8,17H,7H2,1-2H3. The summed E-state index contributed by atoms with van der Waals surface area (Å²) in [4.78, 5) is 14.6. The quantitative estimate of drug-likeness (QED) is 0.903. The smallest absolute Gasteiger partial charge is 0.254 e. The van der Waals surface area contributed by atoms with E-state index in [1.54, 1.807) is 37.6 Å². The maximum absolute atomic E-state index is 12.0. The summed E-state index contributed by atoms with van der Waals surface area (Å²) in [6.07, 6.45) is 0. The van der Waals surface area contributed by atoms with Crippen LogP contribution in [0.1, 0.15) is 15.2 Å². The minimum Gasteiger partial charge on any atom is -0.380 e. The SMILES string of the molecule is CN(C)C(=O)c1cc(NCc2cc(Cl)cs2)ccc1Cl. The van der Waals surface area contributed by atoms with Crippen LogP contribution in [-0.2, 0) is 6.54 Å². The minimum absolute atomic E-state index is 0.113. The van der Waals surface area contributed by atoms with Crippen LogP contribution in [0, 0.1) is 0 Å². The Kier molecular flexibility index (Phi) is 4.91. The van der Waals surface area contributed by atoms with E-state index >= 15 is 0 Å². The lowest BCUT2D eigenvalue weighted by Crippen LogP contribution is -2.22. The zero-order valence-corrected chi connectivity index (χ0v) is 13.4. The van der Waals surface area contributed by atoms with Crippen LogP contribution in [-0.4, -0.2) is 24.9 Å². The molecule has 2 aromatic rings. The van der Waals surface area contributed by atoms with Gasteiger partial charge in [-0.3, -0.25) is 4.79 Å².